The van der Waals surface area contributed by atoms with Crippen molar-refractivity contribution in [3.63, 3.8) is 0 Å². The average Bonchev–Trinajstić information content (AvgIpc) is 2.60. The van der Waals surface area contributed by atoms with Gasteiger partial charge in [-0.1, -0.05) is 11.3 Å². The number of nitrogens with one attached hydrogen (secondary N) is 1. The Morgan fingerprint density at radius 3 is 2.50 bits per heavy atom. The Bertz CT molecular complexity index is 400. The van der Waals surface area contributed by atoms with E-state index in [2.05, 4.69) is 43.0 Å². The number of ether oxygens (including phenoxy) is 1. The second-order valence-electron chi connectivity index (χ2n) is 6.04. The normalized spacial score (nSPS) is 22.9. The van der Waals surface area contributed by atoms with Gasteiger partial charge < -0.3 is 4.74 Å². The van der Waals surface area contributed by atoms with E-state index in [0.717, 1.165) is 24.8 Å². The summed E-state index contributed by atoms with van der Waals surface area (Å²) in [6.07, 6.45) is 1.88. The van der Waals surface area contributed by atoms with Crippen molar-refractivity contribution in [1.82, 2.24) is 9.88 Å². The molecule has 6 heteroatoms. The molecule has 1 aliphatic heterocycles. The number of hydrogen-bond acceptors (Lipinski definition) is 6. The maximum atomic E-state index is 6.07. The fourth-order valence-corrected chi connectivity index (χ4v) is 3.49. The van der Waals surface area contributed by atoms with E-state index in [1.807, 2.05) is 6.20 Å². The summed E-state index contributed by atoms with van der Waals surface area (Å²) in [7, 11) is 0. The first-order valence-electron chi connectivity index (χ1n) is 6.13. The van der Waals surface area contributed by atoms with E-state index < -0.39 is 0 Å². The Labute approximate surface area is 112 Å². The molecule has 0 aromatic carbocycles. The summed E-state index contributed by atoms with van der Waals surface area (Å²) in [6, 6.07) is 0. The van der Waals surface area contributed by atoms with Crippen LogP contribution in [0.5, 0.6) is 0 Å². The van der Waals surface area contributed by atoms with Gasteiger partial charge in [-0.15, -0.1) is 0 Å². The molecular formula is C12H22N4OS. The van der Waals surface area contributed by atoms with Gasteiger partial charge in [-0.3, -0.25) is 10.3 Å². The van der Waals surface area contributed by atoms with Crippen LogP contribution >= 0.6 is 11.3 Å². The fourth-order valence-electron chi connectivity index (χ4n) is 2.72. The second kappa shape index (κ2) is 4.77. The molecule has 1 saturated heterocycles. The van der Waals surface area contributed by atoms with Gasteiger partial charge in [0, 0.05) is 30.7 Å². The molecule has 2 rings (SSSR count). The minimum absolute atomic E-state index is 0.110. The Morgan fingerprint density at radius 2 is 2.00 bits per heavy atom. The summed E-state index contributed by atoms with van der Waals surface area (Å²) < 4.78 is 6.07. The van der Waals surface area contributed by atoms with Crippen LogP contribution in [0.25, 0.3) is 0 Å². The van der Waals surface area contributed by atoms with E-state index in [1.54, 1.807) is 11.3 Å². The molecular weight excluding hydrogens is 248 g/mol. The molecule has 0 aliphatic carbocycles. The van der Waals surface area contributed by atoms with Crippen molar-refractivity contribution < 1.29 is 4.74 Å². The lowest BCUT2D eigenvalue weighted by atomic mass is 9.99. The summed E-state index contributed by atoms with van der Waals surface area (Å²) in [5, 5.41) is 0.761. The molecule has 18 heavy (non-hydrogen) atoms. The zero-order chi connectivity index (χ0) is 13.4. The van der Waals surface area contributed by atoms with Crippen molar-refractivity contribution in [3.05, 3.63) is 11.1 Å². The first-order chi connectivity index (χ1) is 8.30. The summed E-state index contributed by atoms with van der Waals surface area (Å²) in [5.74, 6) is 5.35. The maximum Gasteiger partial charge on any atom is 0.197 e. The van der Waals surface area contributed by atoms with Crippen molar-refractivity contribution in [2.75, 3.05) is 18.5 Å². The Morgan fingerprint density at radius 1 is 1.39 bits per heavy atom. The number of nitrogen functional groups attached to an aromatic ring is 1. The molecule has 5 nitrogen and oxygen atoms in total. The highest BCUT2D eigenvalue weighted by Gasteiger charge is 2.38. The lowest BCUT2D eigenvalue weighted by Crippen LogP contribution is -2.56. The predicted molar refractivity (Wildman–Crippen MR) is 74.4 cm³/mol. The lowest BCUT2D eigenvalue weighted by molar-refractivity contribution is -0.182. The van der Waals surface area contributed by atoms with Gasteiger partial charge in [-0.25, -0.2) is 10.8 Å². The molecule has 102 valence electrons. The van der Waals surface area contributed by atoms with Crippen molar-refractivity contribution in [2.24, 2.45) is 5.84 Å². The summed E-state index contributed by atoms with van der Waals surface area (Å²) >= 11 is 1.60. The third-order valence-corrected chi connectivity index (χ3v) is 3.73. The highest BCUT2D eigenvalue weighted by molar-refractivity contribution is 7.15. The van der Waals surface area contributed by atoms with Crippen LogP contribution in [0, 0.1) is 0 Å². The molecule has 1 aromatic heterocycles. The molecule has 1 aromatic rings. The van der Waals surface area contributed by atoms with Gasteiger partial charge in [0.25, 0.3) is 0 Å². The summed E-state index contributed by atoms with van der Waals surface area (Å²) in [5.41, 5.74) is 2.36. The summed E-state index contributed by atoms with van der Waals surface area (Å²) in [6.45, 7) is 11.3. The number of nitrogens with two attached hydrogens (primary N) is 1. The van der Waals surface area contributed by atoms with Crippen LogP contribution in [-0.2, 0) is 11.3 Å². The zero-order valence-corrected chi connectivity index (χ0v) is 12.3. The van der Waals surface area contributed by atoms with Gasteiger partial charge in [0.1, 0.15) is 0 Å². The number of morpholine rings is 1. The molecule has 2 heterocycles. The molecule has 0 saturated carbocycles. The van der Waals surface area contributed by atoms with Crippen LogP contribution in [0.1, 0.15) is 32.6 Å². The molecule has 0 amide bonds. The van der Waals surface area contributed by atoms with Crippen molar-refractivity contribution >= 4 is 16.5 Å². The number of hydrogen-bond donors (Lipinski definition) is 2. The number of aromatic nitrogens is 1. The molecule has 0 atom stereocenters. The highest BCUT2D eigenvalue weighted by Crippen LogP contribution is 2.30. The highest BCUT2D eigenvalue weighted by atomic mass is 32.1. The molecule has 0 bridgehead atoms. The van der Waals surface area contributed by atoms with Crippen LogP contribution < -0.4 is 11.3 Å². The Balaban J connectivity index is 2.04. The standard InChI is InChI=1S/C12H22N4OS/c1-11(2)7-16(8-12(3,4)17-11)6-9-5-14-10(15-13)18-9/h5H,6-8,13H2,1-4H3,(H,14,15). The smallest absolute Gasteiger partial charge is 0.197 e. The number of thiazole rings is 1. The van der Waals surface area contributed by atoms with Gasteiger partial charge in [0.05, 0.1) is 11.2 Å². The van der Waals surface area contributed by atoms with E-state index >= 15 is 0 Å². The molecule has 1 aliphatic rings. The first kappa shape index (κ1) is 13.7. The lowest BCUT2D eigenvalue weighted by Gasteiger charge is -2.47. The van der Waals surface area contributed by atoms with Gasteiger partial charge in [-0.2, -0.15) is 0 Å². The zero-order valence-electron chi connectivity index (χ0n) is 11.5. The van der Waals surface area contributed by atoms with Crippen molar-refractivity contribution in [3.8, 4) is 0 Å². The second-order valence-corrected chi connectivity index (χ2v) is 7.16. The number of nitrogens with zero attached hydrogens (tertiary/aromatic N) is 2. The monoisotopic (exact) mass is 270 g/mol. The minimum atomic E-state index is -0.110. The van der Waals surface area contributed by atoms with E-state index in [4.69, 9.17) is 10.6 Å². The maximum absolute atomic E-state index is 6.07. The van der Waals surface area contributed by atoms with Gasteiger partial charge >= 0.3 is 0 Å². The van der Waals surface area contributed by atoms with E-state index in [0.29, 0.717) is 0 Å². The van der Waals surface area contributed by atoms with Crippen molar-refractivity contribution in [2.45, 2.75) is 45.4 Å². The van der Waals surface area contributed by atoms with Crippen LogP contribution in [0.15, 0.2) is 6.20 Å². The molecule has 0 unspecified atom stereocenters. The van der Waals surface area contributed by atoms with Crippen molar-refractivity contribution in [1.29, 1.82) is 0 Å². The van der Waals surface area contributed by atoms with Gasteiger partial charge in [-0.05, 0) is 27.7 Å². The minimum Gasteiger partial charge on any atom is -0.367 e. The van der Waals surface area contributed by atoms with Crippen LogP contribution in [-0.4, -0.2) is 34.2 Å². The van der Waals surface area contributed by atoms with E-state index in [1.165, 1.54) is 4.88 Å². The van der Waals surface area contributed by atoms with E-state index in [9.17, 15) is 0 Å². The molecule has 0 radical (unpaired) electrons. The van der Waals surface area contributed by atoms with Gasteiger partial charge in [0.15, 0.2) is 5.13 Å². The topological polar surface area (TPSA) is 63.4 Å². The molecule has 1 fully saturated rings. The predicted octanol–water partition coefficient (Wildman–Crippen LogP) is 1.82. The quantitative estimate of drug-likeness (QED) is 0.648. The SMILES string of the molecule is CC1(C)CN(Cc2cnc(NN)s2)CC(C)(C)O1. The first-order valence-corrected chi connectivity index (χ1v) is 6.95. The fraction of sp³-hybridized carbons (Fsp3) is 0.750. The van der Waals surface area contributed by atoms with Gasteiger partial charge in [0.2, 0.25) is 0 Å². The molecule has 3 N–H and O–H groups in total. The largest absolute Gasteiger partial charge is 0.367 e. The Hall–Kier alpha value is -0.690. The molecule has 0 spiro atoms. The number of rotatable bonds is 3. The third kappa shape index (κ3) is 3.41. The van der Waals surface area contributed by atoms with Crippen LogP contribution in [0.3, 0.4) is 0 Å². The Kier molecular flexibility index (Phi) is 3.64. The van der Waals surface area contributed by atoms with Crippen LogP contribution in [0.4, 0.5) is 5.13 Å². The number of hydrazine groups is 1. The summed E-state index contributed by atoms with van der Waals surface area (Å²) in [4.78, 5) is 7.83. The average molecular weight is 270 g/mol. The van der Waals surface area contributed by atoms with Crippen LogP contribution in [0.2, 0.25) is 0 Å². The third-order valence-electron chi connectivity index (χ3n) is 2.82. The van der Waals surface area contributed by atoms with E-state index in [-0.39, 0.29) is 11.2 Å². The number of anilines is 1.